The molecule has 4 heteroatoms. The molecule has 0 bridgehead atoms. The van der Waals surface area contributed by atoms with Crippen LogP contribution in [0.2, 0.25) is 0 Å². The lowest BCUT2D eigenvalue weighted by molar-refractivity contribution is -0.140. The summed E-state index contributed by atoms with van der Waals surface area (Å²) in [6, 6.07) is 0.531. The van der Waals surface area contributed by atoms with Crippen molar-refractivity contribution < 1.29 is 9.53 Å². The zero-order chi connectivity index (χ0) is 10.1. The molecule has 2 heterocycles. The van der Waals surface area contributed by atoms with Gasteiger partial charge in [-0.2, -0.15) is 0 Å². The van der Waals surface area contributed by atoms with Crippen molar-refractivity contribution in [1.29, 1.82) is 0 Å². The molecule has 1 N–H and O–H groups in total. The molecule has 0 aliphatic carbocycles. The fourth-order valence-electron chi connectivity index (χ4n) is 2.39. The first kappa shape index (κ1) is 9.93. The Bertz CT molecular complexity index is 220. The quantitative estimate of drug-likeness (QED) is 0.670. The number of ether oxygens (including phenoxy) is 1. The van der Waals surface area contributed by atoms with Gasteiger partial charge in [0.1, 0.15) is 6.10 Å². The van der Waals surface area contributed by atoms with Gasteiger partial charge in [-0.25, -0.2) is 0 Å². The van der Waals surface area contributed by atoms with Gasteiger partial charge in [-0.05, 0) is 25.8 Å². The van der Waals surface area contributed by atoms with Crippen LogP contribution in [0.3, 0.4) is 0 Å². The van der Waals surface area contributed by atoms with E-state index in [9.17, 15) is 4.79 Å². The highest BCUT2D eigenvalue weighted by atomic mass is 16.5. The van der Waals surface area contributed by atoms with Crippen molar-refractivity contribution in [3.05, 3.63) is 0 Å². The van der Waals surface area contributed by atoms with Gasteiger partial charge in [0.2, 0.25) is 0 Å². The van der Waals surface area contributed by atoms with Crippen molar-refractivity contribution >= 4 is 5.91 Å². The Kier molecular flexibility index (Phi) is 2.74. The number of likely N-dealkylation sites (tertiary alicyclic amines) is 1. The van der Waals surface area contributed by atoms with Crippen LogP contribution in [0.4, 0.5) is 0 Å². The number of carbonyl (C=O) groups excluding carboxylic acids is 1. The van der Waals surface area contributed by atoms with E-state index in [4.69, 9.17) is 4.74 Å². The first-order valence-electron chi connectivity index (χ1n) is 5.27. The molecule has 0 saturated carbocycles. The van der Waals surface area contributed by atoms with Crippen molar-refractivity contribution in [1.82, 2.24) is 10.2 Å². The topological polar surface area (TPSA) is 41.6 Å². The summed E-state index contributed by atoms with van der Waals surface area (Å²) in [6.07, 6.45) is 0.907. The molecule has 0 aromatic carbocycles. The number of hydrogen-bond donors (Lipinski definition) is 1. The first-order chi connectivity index (χ1) is 6.72. The molecule has 2 aliphatic heterocycles. The van der Waals surface area contributed by atoms with E-state index in [0.717, 1.165) is 19.6 Å². The molecule has 0 aromatic rings. The monoisotopic (exact) mass is 198 g/mol. The summed E-state index contributed by atoms with van der Waals surface area (Å²) in [6.45, 7) is 4.68. The fraction of sp³-hybridized carbons (Fsp3) is 0.900. The molecule has 2 aliphatic rings. The number of fused-ring (bicyclic) bond motifs is 1. The Hall–Kier alpha value is -0.610. The van der Waals surface area contributed by atoms with Crippen molar-refractivity contribution in [3.63, 3.8) is 0 Å². The van der Waals surface area contributed by atoms with Crippen LogP contribution in [-0.2, 0) is 9.53 Å². The summed E-state index contributed by atoms with van der Waals surface area (Å²) in [5, 5.41) is 3.43. The lowest BCUT2D eigenvalue weighted by Gasteiger charge is -2.20. The van der Waals surface area contributed by atoms with Crippen LogP contribution in [-0.4, -0.2) is 49.7 Å². The standard InChI is InChI=1S/C10H18N2O2/c1-7(14-2)10(13)12-5-8-3-4-11-9(8)6-12/h7-9,11H,3-6H2,1-2H3/t7?,8-,9+/m0/s1. The van der Waals surface area contributed by atoms with Gasteiger partial charge >= 0.3 is 0 Å². The normalized spacial score (nSPS) is 33.1. The number of rotatable bonds is 2. The van der Waals surface area contributed by atoms with Gasteiger partial charge in [0, 0.05) is 26.2 Å². The van der Waals surface area contributed by atoms with Gasteiger partial charge in [0.25, 0.3) is 5.91 Å². The molecule has 4 nitrogen and oxygen atoms in total. The van der Waals surface area contributed by atoms with Gasteiger partial charge < -0.3 is 15.0 Å². The maximum Gasteiger partial charge on any atom is 0.251 e. The summed E-state index contributed by atoms with van der Waals surface area (Å²) in [7, 11) is 1.58. The van der Waals surface area contributed by atoms with Crippen molar-refractivity contribution in [2.45, 2.75) is 25.5 Å². The number of methoxy groups -OCH3 is 1. The van der Waals surface area contributed by atoms with E-state index in [2.05, 4.69) is 5.32 Å². The molecule has 1 unspecified atom stereocenters. The smallest absolute Gasteiger partial charge is 0.251 e. The maximum absolute atomic E-state index is 11.8. The van der Waals surface area contributed by atoms with E-state index >= 15 is 0 Å². The number of amides is 1. The average molecular weight is 198 g/mol. The predicted octanol–water partition coefficient (Wildman–Crippen LogP) is -0.158. The minimum atomic E-state index is -0.297. The molecule has 1 amide bonds. The van der Waals surface area contributed by atoms with Crippen LogP contribution in [0.5, 0.6) is 0 Å². The molecule has 0 spiro atoms. The molecule has 14 heavy (non-hydrogen) atoms. The zero-order valence-electron chi connectivity index (χ0n) is 8.82. The third kappa shape index (κ3) is 1.64. The van der Waals surface area contributed by atoms with Gasteiger partial charge in [0.05, 0.1) is 0 Å². The first-order valence-corrected chi connectivity index (χ1v) is 5.27. The Morgan fingerprint density at radius 1 is 1.57 bits per heavy atom. The van der Waals surface area contributed by atoms with Crippen LogP contribution < -0.4 is 5.32 Å². The highest BCUT2D eigenvalue weighted by molar-refractivity contribution is 5.80. The third-order valence-electron chi connectivity index (χ3n) is 3.38. The largest absolute Gasteiger partial charge is 0.372 e. The number of hydrogen-bond acceptors (Lipinski definition) is 3. The predicted molar refractivity (Wildman–Crippen MR) is 52.9 cm³/mol. The molecule has 2 rings (SSSR count). The van der Waals surface area contributed by atoms with Crippen molar-refractivity contribution in [3.8, 4) is 0 Å². The summed E-state index contributed by atoms with van der Waals surface area (Å²) in [5.74, 6) is 0.798. The third-order valence-corrected chi connectivity index (χ3v) is 3.38. The molecule has 0 aromatic heterocycles. The molecule has 2 saturated heterocycles. The minimum Gasteiger partial charge on any atom is -0.372 e. The molecular weight excluding hydrogens is 180 g/mol. The van der Waals surface area contributed by atoms with Crippen LogP contribution in [0, 0.1) is 5.92 Å². The second kappa shape index (κ2) is 3.87. The van der Waals surface area contributed by atoms with Crippen LogP contribution in [0.15, 0.2) is 0 Å². The fourth-order valence-corrected chi connectivity index (χ4v) is 2.39. The minimum absolute atomic E-state index is 0.128. The maximum atomic E-state index is 11.8. The Morgan fingerprint density at radius 3 is 3.00 bits per heavy atom. The summed E-state index contributed by atoms with van der Waals surface area (Å²) < 4.78 is 5.03. The SMILES string of the molecule is COC(C)C(=O)N1C[C@@H]2CCN[C@@H]2C1. The van der Waals surface area contributed by atoms with E-state index in [1.807, 2.05) is 11.8 Å². The van der Waals surface area contributed by atoms with Gasteiger partial charge in [-0.1, -0.05) is 0 Å². The van der Waals surface area contributed by atoms with Crippen LogP contribution in [0.1, 0.15) is 13.3 Å². The number of carbonyl (C=O) groups is 1. The number of nitrogens with one attached hydrogen (secondary N) is 1. The zero-order valence-corrected chi connectivity index (χ0v) is 8.82. The Morgan fingerprint density at radius 2 is 2.36 bits per heavy atom. The van der Waals surface area contributed by atoms with Gasteiger partial charge in [-0.3, -0.25) is 4.79 Å². The Labute approximate surface area is 84.6 Å². The average Bonchev–Trinajstić information content (AvgIpc) is 2.74. The van der Waals surface area contributed by atoms with E-state index in [0.29, 0.717) is 12.0 Å². The lowest BCUT2D eigenvalue weighted by Crippen LogP contribution is -2.39. The van der Waals surface area contributed by atoms with Crippen molar-refractivity contribution in [2.75, 3.05) is 26.7 Å². The summed E-state index contributed by atoms with van der Waals surface area (Å²) in [4.78, 5) is 13.7. The number of nitrogens with zero attached hydrogens (tertiary/aromatic N) is 1. The van der Waals surface area contributed by atoms with Crippen molar-refractivity contribution in [2.24, 2.45) is 5.92 Å². The summed E-state index contributed by atoms with van der Waals surface area (Å²) in [5.41, 5.74) is 0. The van der Waals surface area contributed by atoms with E-state index < -0.39 is 0 Å². The molecule has 80 valence electrons. The summed E-state index contributed by atoms with van der Waals surface area (Å²) >= 11 is 0. The lowest BCUT2D eigenvalue weighted by atomic mass is 10.1. The highest BCUT2D eigenvalue weighted by Gasteiger charge is 2.38. The highest BCUT2D eigenvalue weighted by Crippen LogP contribution is 2.25. The van der Waals surface area contributed by atoms with E-state index in [1.165, 1.54) is 6.42 Å². The van der Waals surface area contributed by atoms with Gasteiger partial charge in [-0.15, -0.1) is 0 Å². The van der Waals surface area contributed by atoms with Gasteiger partial charge in [0.15, 0.2) is 0 Å². The second-order valence-corrected chi connectivity index (χ2v) is 4.23. The second-order valence-electron chi connectivity index (χ2n) is 4.23. The molecule has 0 radical (unpaired) electrons. The van der Waals surface area contributed by atoms with E-state index in [1.54, 1.807) is 7.11 Å². The van der Waals surface area contributed by atoms with Crippen LogP contribution in [0.25, 0.3) is 0 Å². The van der Waals surface area contributed by atoms with E-state index in [-0.39, 0.29) is 12.0 Å². The molecule has 3 atom stereocenters. The molecule has 2 fully saturated rings. The Balaban J connectivity index is 1.92. The molecular formula is C10H18N2O2. The van der Waals surface area contributed by atoms with Crippen LogP contribution >= 0.6 is 0 Å².